The molecule has 0 radical (unpaired) electrons. The molecule has 1 heterocycles. The number of carbonyl (C=O) groups excluding carboxylic acids is 2. The van der Waals surface area contributed by atoms with Crippen LogP contribution in [0, 0.1) is 25.2 Å². The van der Waals surface area contributed by atoms with E-state index in [0.29, 0.717) is 16.1 Å². The summed E-state index contributed by atoms with van der Waals surface area (Å²) >= 11 is 1.40. The van der Waals surface area contributed by atoms with Gasteiger partial charge >= 0.3 is 0 Å². The van der Waals surface area contributed by atoms with Gasteiger partial charge in [0.15, 0.2) is 5.78 Å². The van der Waals surface area contributed by atoms with Crippen molar-refractivity contribution < 1.29 is 9.59 Å². The number of nitrogens with zero attached hydrogens (tertiary/aromatic N) is 1. The van der Waals surface area contributed by atoms with Crippen LogP contribution in [0.3, 0.4) is 0 Å². The van der Waals surface area contributed by atoms with E-state index >= 15 is 0 Å². The minimum absolute atomic E-state index is 0.00688. The van der Waals surface area contributed by atoms with Crippen LogP contribution in [0.25, 0.3) is 0 Å². The Bertz CT molecular complexity index is 905. The van der Waals surface area contributed by atoms with E-state index in [4.69, 9.17) is 0 Å². The lowest BCUT2D eigenvalue weighted by Gasteiger charge is -2.16. The summed E-state index contributed by atoms with van der Waals surface area (Å²) in [5.41, 5.74) is 4.73. The molecule has 134 valence electrons. The first-order chi connectivity index (χ1) is 12.5. The summed E-state index contributed by atoms with van der Waals surface area (Å²) in [6.07, 6.45) is 4.81. The lowest BCUT2D eigenvalue weighted by Crippen LogP contribution is -2.14. The fourth-order valence-electron chi connectivity index (χ4n) is 3.32. The van der Waals surface area contributed by atoms with Crippen molar-refractivity contribution in [1.82, 2.24) is 0 Å². The Labute approximate surface area is 157 Å². The molecule has 1 aromatic heterocycles. The zero-order chi connectivity index (χ0) is 18.7. The zero-order valence-electron chi connectivity index (χ0n) is 15.1. The van der Waals surface area contributed by atoms with E-state index in [0.717, 1.165) is 23.3 Å². The molecule has 1 aromatic carbocycles. The van der Waals surface area contributed by atoms with Gasteiger partial charge in [0.2, 0.25) is 5.91 Å². The lowest BCUT2D eigenvalue weighted by atomic mass is 9.89. The van der Waals surface area contributed by atoms with Gasteiger partial charge in [-0.3, -0.25) is 9.59 Å². The Morgan fingerprint density at radius 2 is 1.88 bits per heavy atom. The Balaban J connectivity index is 1.60. The van der Waals surface area contributed by atoms with E-state index < -0.39 is 0 Å². The highest BCUT2D eigenvalue weighted by molar-refractivity contribution is 7.16. The topological polar surface area (TPSA) is 70.0 Å². The molecule has 1 N–H and O–H groups in total. The SMILES string of the molecule is Cc1sc(NC(=O)CCC(=O)c2ccc3c(c2)CCCC3)c(C#N)c1C. The number of benzene rings is 1. The van der Waals surface area contributed by atoms with Gasteiger partial charge in [-0.05, 0) is 62.3 Å². The number of Topliss-reactive ketones (excluding diaryl/α,β-unsaturated/α-hetero) is 1. The van der Waals surface area contributed by atoms with Crippen molar-refractivity contribution >= 4 is 28.0 Å². The summed E-state index contributed by atoms with van der Waals surface area (Å²) in [6, 6.07) is 8.07. The quantitative estimate of drug-likeness (QED) is 0.779. The number of hydrogen-bond donors (Lipinski definition) is 1. The van der Waals surface area contributed by atoms with Gasteiger partial charge in [0.05, 0.1) is 5.56 Å². The molecule has 1 aliphatic rings. The highest BCUT2D eigenvalue weighted by Gasteiger charge is 2.17. The van der Waals surface area contributed by atoms with Crippen molar-refractivity contribution in [2.75, 3.05) is 5.32 Å². The number of ketones is 1. The van der Waals surface area contributed by atoms with E-state index in [1.54, 1.807) is 0 Å². The molecule has 0 unspecified atom stereocenters. The van der Waals surface area contributed by atoms with E-state index in [2.05, 4.69) is 17.5 Å². The molecule has 0 aliphatic heterocycles. The third kappa shape index (κ3) is 3.86. The molecule has 2 aromatic rings. The van der Waals surface area contributed by atoms with E-state index in [1.165, 1.54) is 35.3 Å². The van der Waals surface area contributed by atoms with Gasteiger partial charge in [0.1, 0.15) is 11.1 Å². The number of aryl methyl sites for hydroxylation is 3. The molecule has 1 amide bonds. The predicted molar refractivity (Wildman–Crippen MR) is 104 cm³/mol. The third-order valence-corrected chi connectivity index (χ3v) is 6.12. The third-order valence-electron chi connectivity index (χ3n) is 5.00. The number of rotatable bonds is 5. The summed E-state index contributed by atoms with van der Waals surface area (Å²) in [5.74, 6) is -0.235. The molecule has 1 aliphatic carbocycles. The molecular formula is C21H22N2O2S. The Morgan fingerprint density at radius 1 is 1.15 bits per heavy atom. The highest BCUT2D eigenvalue weighted by Crippen LogP contribution is 2.31. The van der Waals surface area contributed by atoms with Crippen LogP contribution in [0.1, 0.15) is 63.2 Å². The number of carbonyl (C=O) groups is 2. The van der Waals surface area contributed by atoms with Crippen molar-refractivity contribution in [1.29, 1.82) is 5.26 Å². The van der Waals surface area contributed by atoms with E-state index in [9.17, 15) is 14.9 Å². The van der Waals surface area contributed by atoms with Crippen molar-refractivity contribution in [2.45, 2.75) is 52.4 Å². The predicted octanol–water partition coefficient (Wildman–Crippen LogP) is 4.72. The number of thiophene rings is 1. The Hall–Kier alpha value is -2.45. The molecule has 0 atom stereocenters. The van der Waals surface area contributed by atoms with Gasteiger partial charge < -0.3 is 5.32 Å². The monoisotopic (exact) mass is 366 g/mol. The van der Waals surface area contributed by atoms with Gasteiger partial charge in [0, 0.05) is 23.3 Å². The molecule has 0 saturated heterocycles. The minimum atomic E-state index is -0.228. The number of anilines is 1. The number of nitriles is 1. The fraction of sp³-hybridized carbons (Fsp3) is 0.381. The van der Waals surface area contributed by atoms with Crippen LogP contribution in [0.2, 0.25) is 0 Å². The van der Waals surface area contributed by atoms with Crippen LogP contribution in [0.5, 0.6) is 0 Å². The summed E-state index contributed by atoms with van der Waals surface area (Å²) in [5, 5.41) is 12.6. The van der Waals surface area contributed by atoms with Crippen molar-refractivity contribution in [3.05, 3.63) is 50.9 Å². The molecule has 5 heteroatoms. The van der Waals surface area contributed by atoms with Gasteiger partial charge in [-0.2, -0.15) is 5.26 Å². The molecular weight excluding hydrogens is 344 g/mol. The standard InChI is InChI=1S/C21H22N2O2S/c1-13-14(2)26-21(18(13)12-22)23-20(25)10-9-19(24)17-8-7-15-5-3-4-6-16(15)11-17/h7-8,11H,3-6,9-10H2,1-2H3,(H,23,25). The number of fused-ring (bicyclic) bond motifs is 1. The van der Waals surface area contributed by atoms with Crippen molar-refractivity contribution in [3.63, 3.8) is 0 Å². The summed E-state index contributed by atoms with van der Waals surface area (Å²) in [6.45, 7) is 3.80. The van der Waals surface area contributed by atoms with Crippen LogP contribution in [-0.2, 0) is 17.6 Å². The lowest BCUT2D eigenvalue weighted by molar-refractivity contribution is -0.116. The molecule has 0 bridgehead atoms. The Morgan fingerprint density at radius 3 is 2.62 bits per heavy atom. The van der Waals surface area contributed by atoms with E-state index in [1.807, 2.05) is 26.0 Å². The molecule has 26 heavy (non-hydrogen) atoms. The molecule has 4 nitrogen and oxygen atoms in total. The maximum absolute atomic E-state index is 12.4. The van der Waals surface area contributed by atoms with Crippen molar-refractivity contribution in [2.24, 2.45) is 0 Å². The van der Waals surface area contributed by atoms with Crippen LogP contribution < -0.4 is 5.32 Å². The largest absolute Gasteiger partial charge is 0.317 e. The maximum atomic E-state index is 12.4. The maximum Gasteiger partial charge on any atom is 0.225 e. The van der Waals surface area contributed by atoms with Crippen molar-refractivity contribution in [3.8, 4) is 6.07 Å². The van der Waals surface area contributed by atoms with Gasteiger partial charge in [0.25, 0.3) is 0 Å². The second kappa shape index (κ2) is 7.84. The van der Waals surface area contributed by atoms with Crippen LogP contribution in [-0.4, -0.2) is 11.7 Å². The highest BCUT2D eigenvalue weighted by atomic mass is 32.1. The van der Waals surface area contributed by atoms with Gasteiger partial charge in [-0.25, -0.2) is 0 Å². The first kappa shape index (κ1) is 18.3. The number of hydrogen-bond acceptors (Lipinski definition) is 4. The summed E-state index contributed by atoms with van der Waals surface area (Å²) < 4.78 is 0. The smallest absolute Gasteiger partial charge is 0.225 e. The fourth-order valence-corrected chi connectivity index (χ4v) is 4.34. The Kier molecular flexibility index (Phi) is 5.53. The van der Waals surface area contributed by atoms with Gasteiger partial charge in [-0.15, -0.1) is 11.3 Å². The average molecular weight is 366 g/mol. The summed E-state index contributed by atoms with van der Waals surface area (Å²) in [7, 11) is 0. The van der Waals surface area contributed by atoms with Crippen LogP contribution in [0.15, 0.2) is 18.2 Å². The first-order valence-electron chi connectivity index (χ1n) is 8.94. The average Bonchev–Trinajstić information content (AvgIpc) is 2.92. The first-order valence-corrected chi connectivity index (χ1v) is 9.76. The second-order valence-electron chi connectivity index (χ2n) is 6.76. The molecule has 0 saturated carbocycles. The second-order valence-corrected chi connectivity index (χ2v) is 7.99. The zero-order valence-corrected chi connectivity index (χ0v) is 16.0. The normalized spacial score (nSPS) is 13.0. The number of amides is 1. The van der Waals surface area contributed by atoms with Gasteiger partial charge in [-0.1, -0.05) is 12.1 Å². The molecule has 0 fully saturated rings. The molecule has 3 rings (SSSR count). The molecule has 0 spiro atoms. The van der Waals surface area contributed by atoms with Crippen LogP contribution >= 0.6 is 11.3 Å². The number of nitrogens with one attached hydrogen (secondary N) is 1. The minimum Gasteiger partial charge on any atom is -0.317 e. The van der Waals surface area contributed by atoms with E-state index in [-0.39, 0.29) is 24.5 Å². The summed E-state index contributed by atoms with van der Waals surface area (Å²) in [4.78, 5) is 25.7. The van der Waals surface area contributed by atoms with Crippen LogP contribution in [0.4, 0.5) is 5.00 Å².